The van der Waals surface area contributed by atoms with E-state index in [1.807, 2.05) is 0 Å². The van der Waals surface area contributed by atoms with Gasteiger partial charge in [0.25, 0.3) is 0 Å². The first-order valence-corrected chi connectivity index (χ1v) is 4.91. The molecule has 1 aromatic heterocycles. The van der Waals surface area contributed by atoms with E-state index in [1.54, 1.807) is 0 Å². The first-order chi connectivity index (χ1) is 8.12. The molecule has 2 nitrogen and oxygen atoms in total. The monoisotopic (exact) mass is 272 g/mol. The number of hydrogen-bond acceptors (Lipinski definition) is 2. The minimum atomic E-state index is -5.42. The Bertz CT molecular complexity index is 358. The number of aromatic nitrogens is 1. The lowest BCUT2D eigenvalue weighted by Gasteiger charge is -2.27. The smallest absolute Gasteiger partial charge is 0.326 e. The van der Waals surface area contributed by atoms with Crippen molar-refractivity contribution in [3.63, 3.8) is 0 Å². The van der Waals surface area contributed by atoms with Crippen LogP contribution in [0.1, 0.15) is 5.69 Å². The Morgan fingerprint density at radius 1 is 1.06 bits per heavy atom. The third-order valence-electron chi connectivity index (χ3n) is 2.30. The first kappa shape index (κ1) is 14.7. The zero-order chi connectivity index (χ0) is 14.0. The Hall–Kier alpha value is -1.31. The molecule has 102 valence electrons. The standard InChI is InChI=1S/C10H10F6N2/c11-9(12,13)8(10(14,15)16)7(17)5-6-3-1-2-4-18-6/h1-4,7-8H,5,17H2. The van der Waals surface area contributed by atoms with Crippen molar-refractivity contribution in [2.75, 3.05) is 0 Å². The Morgan fingerprint density at radius 2 is 1.61 bits per heavy atom. The Labute approximate surface area is 98.8 Å². The summed E-state index contributed by atoms with van der Waals surface area (Å²) in [5.74, 6) is -3.55. The van der Waals surface area contributed by atoms with Crippen LogP contribution in [0.3, 0.4) is 0 Å². The van der Waals surface area contributed by atoms with Crippen LogP contribution in [-0.4, -0.2) is 23.4 Å². The molecule has 1 atom stereocenters. The highest BCUT2D eigenvalue weighted by Crippen LogP contribution is 2.41. The Kier molecular flexibility index (Phi) is 4.20. The van der Waals surface area contributed by atoms with Crippen LogP contribution >= 0.6 is 0 Å². The van der Waals surface area contributed by atoms with Crippen LogP contribution in [0.25, 0.3) is 0 Å². The van der Waals surface area contributed by atoms with E-state index < -0.39 is 30.7 Å². The van der Waals surface area contributed by atoms with Crippen LogP contribution in [0.2, 0.25) is 0 Å². The second kappa shape index (κ2) is 5.13. The third-order valence-corrected chi connectivity index (χ3v) is 2.30. The van der Waals surface area contributed by atoms with E-state index >= 15 is 0 Å². The second-order valence-corrected chi connectivity index (χ2v) is 3.75. The van der Waals surface area contributed by atoms with Crippen molar-refractivity contribution in [2.45, 2.75) is 24.8 Å². The molecule has 2 N–H and O–H groups in total. The van der Waals surface area contributed by atoms with Gasteiger partial charge in [-0.3, -0.25) is 4.98 Å². The number of hydrogen-bond donors (Lipinski definition) is 1. The van der Waals surface area contributed by atoms with Crippen LogP contribution in [0.15, 0.2) is 24.4 Å². The zero-order valence-electron chi connectivity index (χ0n) is 8.96. The quantitative estimate of drug-likeness (QED) is 0.859. The molecule has 0 bridgehead atoms. The van der Waals surface area contributed by atoms with Crippen LogP contribution in [0.4, 0.5) is 26.3 Å². The van der Waals surface area contributed by atoms with Gasteiger partial charge in [-0.1, -0.05) is 6.07 Å². The summed E-state index contributed by atoms with van der Waals surface area (Å²) in [7, 11) is 0. The molecular weight excluding hydrogens is 262 g/mol. The molecule has 0 aromatic carbocycles. The summed E-state index contributed by atoms with van der Waals surface area (Å²) in [5, 5.41) is 0. The Morgan fingerprint density at radius 3 is 2.00 bits per heavy atom. The SMILES string of the molecule is NC(Cc1ccccn1)C(C(F)(F)F)C(F)(F)F. The molecule has 0 aliphatic carbocycles. The molecule has 0 saturated carbocycles. The van der Waals surface area contributed by atoms with E-state index in [0.717, 1.165) is 0 Å². The van der Waals surface area contributed by atoms with Gasteiger partial charge in [0.15, 0.2) is 5.92 Å². The fraction of sp³-hybridized carbons (Fsp3) is 0.500. The first-order valence-electron chi connectivity index (χ1n) is 4.91. The predicted octanol–water partition coefficient (Wildman–Crippen LogP) is 2.69. The van der Waals surface area contributed by atoms with Gasteiger partial charge < -0.3 is 5.73 Å². The molecule has 0 aliphatic rings. The fourth-order valence-corrected chi connectivity index (χ4v) is 1.55. The molecule has 18 heavy (non-hydrogen) atoms. The number of nitrogens with zero attached hydrogens (tertiary/aromatic N) is 1. The normalized spacial score (nSPS) is 14.9. The fourth-order valence-electron chi connectivity index (χ4n) is 1.55. The molecular formula is C10H10F6N2. The van der Waals surface area contributed by atoms with Crippen LogP contribution in [0, 0.1) is 5.92 Å². The summed E-state index contributed by atoms with van der Waals surface area (Å²) in [6, 6.07) is 2.18. The van der Waals surface area contributed by atoms with Crippen molar-refractivity contribution in [3.05, 3.63) is 30.1 Å². The highest BCUT2D eigenvalue weighted by molar-refractivity contribution is 5.06. The molecule has 0 fully saturated rings. The minimum Gasteiger partial charge on any atom is -0.326 e. The van der Waals surface area contributed by atoms with Gasteiger partial charge in [0, 0.05) is 24.4 Å². The maximum absolute atomic E-state index is 12.3. The lowest BCUT2D eigenvalue weighted by molar-refractivity contribution is -0.289. The number of rotatable bonds is 3. The molecule has 1 aromatic rings. The van der Waals surface area contributed by atoms with Gasteiger partial charge in [-0.05, 0) is 12.1 Å². The van der Waals surface area contributed by atoms with Gasteiger partial charge >= 0.3 is 12.4 Å². The minimum absolute atomic E-state index is 0.0866. The largest absolute Gasteiger partial charge is 0.402 e. The maximum atomic E-state index is 12.3. The molecule has 8 heteroatoms. The summed E-state index contributed by atoms with van der Waals surface area (Å²) in [4.78, 5) is 3.65. The predicted molar refractivity (Wildman–Crippen MR) is 51.5 cm³/mol. The highest BCUT2D eigenvalue weighted by Gasteiger charge is 2.59. The summed E-state index contributed by atoms with van der Waals surface area (Å²) in [6.07, 6.45) is -10.2. The van der Waals surface area contributed by atoms with Crippen molar-refractivity contribution in [1.82, 2.24) is 4.98 Å². The molecule has 0 amide bonds. The van der Waals surface area contributed by atoms with Crippen LogP contribution < -0.4 is 5.73 Å². The van der Waals surface area contributed by atoms with Gasteiger partial charge in [-0.2, -0.15) is 26.3 Å². The average molecular weight is 272 g/mol. The van der Waals surface area contributed by atoms with Crippen LogP contribution in [-0.2, 0) is 6.42 Å². The van der Waals surface area contributed by atoms with E-state index in [-0.39, 0.29) is 5.69 Å². The summed E-state index contributed by atoms with van der Waals surface area (Å²) in [5.41, 5.74) is 5.13. The number of nitrogens with two attached hydrogens (primary N) is 1. The van der Waals surface area contributed by atoms with Gasteiger partial charge in [0.1, 0.15) is 0 Å². The second-order valence-electron chi connectivity index (χ2n) is 3.75. The lowest BCUT2D eigenvalue weighted by Crippen LogP contribution is -2.49. The molecule has 0 aliphatic heterocycles. The molecule has 0 spiro atoms. The molecule has 0 radical (unpaired) electrons. The van der Waals surface area contributed by atoms with Crippen molar-refractivity contribution in [1.29, 1.82) is 0 Å². The van der Waals surface area contributed by atoms with Gasteiger partial charge in [0.2, 0.25) is 0 Å². The maximum Gasteiger partial charge on any atom is 0.402 e. The van der Waals surface area contributed by atoms with Crippen LogP contribution in [0.5, 0.6) is 0 Å². The molecule has 1 heterocycles. The van der Waals surface area contributed by atoms with Crippen molar-refractivity contribution in [2.24, 2.45) is 11.7 Å². The van der Waals surface area contributed by atoms with E-state index in [1.165, 1.54) is 24.4 Å². The van der Waals surface area contributed by atoms with Crippen molar-refractivity contribution >= 4 is 0 Å². The molecule has 0 saturated heterocycles. The third kappa shape index (κ3) is 3.86. The Balaban J connectivity index is 2.88. The van der Waals surface area contributed by atoms with Gasteiger partial charge in [-0.15, -0.1) is 0 Å². The van der Waals surface area contributed by atoms with E-state index in [9.17, 15) is 26.3 Å². The number of pyridine rings is 1. The molecule has 1 unspecified atom stereocenters. The summed E-state index contributed by atoms with van der Waals surface area (Å²) < 4.78 is 74.1. The topological polar surface area (TPSA) is 38.9 Å². The summed E-state index contributed by atoms with van der Waals surface area (Å²) >= 11 is 0. The summed E-state index contributed by atoms with van der Waals surface area (Å²) in [6.45, 7) is 0. The van der Waals surface area contributed by atoms with Crippen molar-refractivity contribution < 1.29 is 26.3 Å². The van der Waals surface area contributed by atoms with E-state index in [2.05, 4.69) is 4.98 Å². The van der Waals surface area contributed by atoms with Crippen molar-refractivity contribution in [3.8, 4) is 0 Å². The number of alkyl halides is 6. The lowest BCUT2D eigenvalue weighted by atomic mass is 9.95. The molecule has 1 rings (SSSR count). The number of halogens is 6. The highest BCUT2D eigenvalue weighted by atomic mass is 19.4. The average Bonchev–Trinajstić information content (AvgIpc) is 2.13. The van der Waals surface area contributed by atoms with Gasteiger partial charge in [0.05, 0.1) is 0 Å². The van der Waals surface area contributed by atoms with E-state index in [4.69, 9.17) is 5.73 Å². The van der Waals surface area contributed by atoms with E-state index in [0.29, 0.717) is 0 Å². The van der Waals surface area contributed by atoms with Gasteiger partial charge in [-0.25, -0.2) is 0 Å². The zero-order valence-corrected chi connectivity index (χ0v) is 8.96.